The van der Waals surface area contributed by atoms with Crippen LogP contribution in [0.4, 0.5) is 0 Å². The van der Waals surface area contributed by atoms with Crippen LogP contribution >= 0.6 is 11.6 Å². The van der Waals surface area contributed by atoms with Gasteiger partial charge in [0.1, 0.15) is 0 Å². The fraction of sp³-hybridized carbons (Fsp3) is 0.294. The maximum Gasteiger partial charge on any atom is 0.0568 e. The first-order valence-electron chi connectivity index (χ1n) is 6.83. The third-order valence-corrected chi connectivity index (χ3v) is 5.39. The van der Waals surface area contributed by atoms with E-state index in [2.05, 4.69) is 12.1 Å². The van der Waals surface area contributed by atoms with Crippen molar-refractivity contribution in [2.24, 2.45) is 0 Å². The Hall–Kier alpha value is -1.12. The van der Waals surface area contributed by atoms with E-state index in [1.165, 1.54) is 5.56 Å². The van der Waals surface area contributed by atoms with Crippen molar-refractivity contribution in [2.45, 2.75) is 25.0 Å². The van der Waals surface area contributed by atoms with Gasteiger partial charge in [-0.1, -0.05) is 54.1 Å². The van der Waals surface area contributed by atoms with Crippen LogP contribution in [-0.2, 0) is 17.2 Å². The lowest BCUT2D eigenvalue weighted by Gasteiger charge is -2.12. The van der Waals surface area contributed by atoms with Gasteiger partial charge in [-0.3, -0.25) is 4.21 Å². The second-order valence-electron chi connectivity index (χ2n) is 4.87. The van der Waals surface area contributed by atoms with E-state index < -0.39 is 10.8 Å². The Balaban J connectivity index is 1.84. The van der Waals surface area contributed by atoms with Crippen LogP contribution in [0.1, 0.15) is 29.7 Å². The van der Waals surface area contributed by atoms with Gasteiger partial charge in [0.05, 0.1) is 5.25 Å². The van der Waals surface area contributed by atoms with Crippen LogP contribution in [0.5, 0.6) is 0 Å². The zero-order valence-electron chi connectivity index (χ0n) is 11.6. The molecule has 0 amide bonds. The quantitative estimate of drug-likeness (QED) is 0.750. The molecule has 3 heteroatoms. The average molecular weight is 307 g/mol. The number of rotatable bonds is 6. The van der Waals surface area contributed by atoms with Crippen LogP contribution in [0.3, 0.4) is 0 Å². The molecule has 1 nitrogen and oxygen atoms in total. The summed E-state index contributed by atoms with van der Waals surface area (Å²) >= 11 is 5.87. The molecule has 0 fully saturated rings. The summed E-state index contributed by atoms with van der Waals surface area (Å²) in [6, 6.07) is 18.0. The molecule has 0 N–H and O–H groups in total. The second kappa shape index (κ2) is 7.61. The fourth-order valence-electron chi connectivity index (χ4n) is 2.13. The first kappa shape index (κ1) is 15.3. The van der Waals surface area contributed by atoms with Gasteiger partial charge < -0.3 is 0 Å². The summed E-state index contributed by atoms with van der Waals surface area (Å²) in [6.45, 7) is 2.02. The molecule has 2 aromatic carbocycles. The normalized spacial score (nSPS) is 13.9. The highest BCUT2D eigenvalue weighted by atomic mass is 35.5. The highest BCUT2D eigenvalue weighted by Gasteiger charge is 2.13. The molecule has 0 saturated carbocycles. The molecule has 0 radical (unpaired) electrons. The van der Waals surface area contributed by atoms with E-state index in [0.29, 0.717) is 0 Å². The smallest absolute Gasteiger partial charge is 0.0568 e. The zero-order valence-corrected chi connectivity index (χ0v) is 13.2. The van der Waals surface area contributed by atoms with Crippen LogP contribution in [0.15, 0.2) is 54.6 Å². The number of hydrogen-bond donors (Lipinski definition) is 0. The maximum atomic E-state index is 12.3. The molecule has 2 rings (SSSR count). The van der Waals surface area contributed by atoms with Gasteiger partial charge in [0.2, 0.25) is 0 Å². The third-order valence-electron chi connectivity index (χ3n) is 3.39. The maximum absolute atomic E-state index is 12.3. The van der Waals surface area contributed by atoms with E-state index >= 15 is 0 Å². The first-order valence-corrected chi connectivity index (χ1v) is 8.59. The molecule has 0 saturated heterocycles. The molecule has 0 heterocycles. The number of halogens is 1. The zero-order chi connectivity index (χ0) is 14.4. The minimum atomic E-state index is -0.839. The average Bonchev–Trinajstić information content (AvgIpc) is 2.48. The largest absolute Gasteiger partial charge is 0.259 e. The van der Waals surface area contributed by atoms with Crippen molar-refractivity contribution >= 4 is 22.4 Å². The van der Waals surface area contributed by atoms with E-state index in [9.17, 15) is 4.21 Å². The lowest BCUT2D eigenvalue weighted by Crippen LogP contribution is -2.07. The molecule has 0 aliphatic heterocycles. The predicted octanol–water partition coefficient (Wildman–Crippen LogP) is 4.78. The van der Waals surface area contributed by atoms with E-state index in [0.717, 1.165) is 29.2 Å². The second-order valence-corrected chi connectivity index (χ2v) is 7.18. The molecular weight excluding hydrogens is 288 g/mol. The fourth-order valence-corrected chi connectivity index (χ4v) is 3.49. The SMILES string of the molecule is CC(c1ccc(Cl)cc1)S(=O)CCCc1ccccc1. The monoisotopic (exact) mass is 306 g/mol. The molecular formula is C17H19ClOS. The molecule has 2 aromatic rings. The summed E-state index contributed by atoms with van der Waals surface area (Å²) in [6.07, 6.45) is 1.94. The van der Waals surface area contributed by atoms with Crippen molar-refractivity contribution in [3.8, 4) is 0 Å². The molecule has 2 unspecified atom stereocenters. The van der Waals surface area contributed by atoms with Crippen molar-refractivity contribution in [3.05, 3.63) is 70.7 Å². The molecule has 0 aliphatic rings. The van der Waals surface area contributed by atoms with Crippen LogP contribution in [0, 0.1) is 0 Å². The van der Waals surface area contributed by atoms with E-state index in [4.69, 9.17) is 11.6 Å². The standard InChI is InChI=1S/C17H19ClOS/c1-14(16-9-11-17(18)12-10-16)20(19)13-5-8-15-6-3-2-4-7-15/h2-4,6-7,9-12,14H,5,8,13H2,1H3. The summed E-state index contributed by atoms with van der Waals surface area (Å²) in [5.41, 5.74) is 2.40. The van der Waals surface area contributed by atoms with Crippen molar-refractivity contribution in [2.75, 3.05) is 5.75 Å². The Kier molecular flexibility index (Phi) is 5.81. The Bertz CT molecular complexity index is 551. The number of benzene rings is 2. The molecule has 20 heavy (non-hydrogen) atoms. The number of aryl methyl sites for hydroxylation is 1. The Morgan fingerprint density at radius 1 is 1.05 bits per heavy atom. The van der Waals surface area contributed by atoms with Gasteiger partial charge in [-0.15, -0.1) is 0 Å². The molecule has 0 bridgehead atoms. The summed E-state index contributed by atoms with van der Waals surface area (Å²) in [4.78, 5) is 0. The summed E-state index contributed by atoms with van der Waals surface area (Å²) in [5.74, 6) is 0.735. The molecule has 0 aromatic heterocycles. The summed E-state index contributed by atoms with van der Waals surface area (Å²) in [7, 11) is -0.839. The Morgan fingerprint density at radius 2 is 1.70 bits per heavy atom. The van der Waals surface area contributed by atoms with Crippen molar-refractivity contribution in [1.29, 1.82) is 0 Å². The van der Waals surface area contributed by atoms with E-state index in [1.54, 1.807) is 0 Å². The van der Waals surface area contributed by atoms with Crippen LogP contribution in [0.25, 0.3) is 0 Å². The number of hydrogen-bond acceptors (Lipinski definition) is 1. The summed E-state index contributed by atoms with van der Waals surface area (Å²) < 4.78 is 12.3. The van der Waals surface area contributed by atoms with Crippen LogP contribution in [-0.4, -0.2) is 9.96 Å². The van der Waals surface area contributed by atoms with Gasteiger partial charge in [-0.2, -0.15) is 0 Å². The lowest BCUT2D eigenvalue weighted by molar-refractivity contribution is 0.673. The van der Waals surface area contributed by atoms with E-state index in [1.807, 2.05) is 49.4 Å². The molecule has 0 aliphatic carbocycles. The van der Waals surface area contributed by atoms with Gasteiger partial charge in [0.25, 0.3) is 0 Å². The Labute approximate surface area is 128 Å². The minimum absolute atomic E-state index is 0.0584. The van der Waals surface area contributed by atoms with Crippen molar-refractivity contribution in [3.63, 3.8) is 0 Å². The lowest BCUT2D eigenvalue weighted by atomic mass is 10.1. The first-order chi connectivity index (χ1) is 9.66. The van der Waals surface area contributed by atoms with Gasteiger partial charge in [0.15, 0.2) is 0 Å². The van der Waals surface area contributed by atoms with Gasteiger partial charge in [-0.25, -0.2) is 0 Å². The van der Waals surface area contributed by atoms with Crippen molar-refractivity contribution in [1.82, 2.24) is 0 Å². The van der Waals surface area contributed by atoms with Crippen molar-refractivity contribution < 1.29 is 4.21 Å². The van der Waals surface area contributed by atoms with Crippen LogP contribution < -0.4 is 0 Å². The molecule has 106 valence electrons. The topological polar surface area (TPSA) is 17.1 Å². The molecule has 0 spiro atoms. The minimum Gasteiger partial charge on any atom is -0.259 e. The van der Waals surface area contributed by atoms with Crippen LogP contribution in [0.2, 0.25) is 5.02 Å². The molecule has 2 atom stereocenters. The van der Waals surface area contributed by atoms with Gasteiger partial charge >= 0.3 is 0 Å². The van der Waals surface area contributed by atoms with Gasteiger partial charge in [-0.05, 0) is 43.0 Å². The van der Waals surface area contributed by atoms with Gasteiger partial charge in [0, 0.05) is 21.6 Å². The Morgan fingerprint density at radius 3 is 2.35 bits per heavy atom. The highest BCUT2D eigenvalue weighted by molar-refractivity contribution is 7.85. The third kappa shape index (κ3) is 4.46. The predicted molar refractivity (Wildman–Crippen MR) is 87.6 cm³/mol. The highest BCUT2D eigenvalue weighted by Crippen LogP contribution is 2.22. The van der Waals surface area contributed by atoms with E-state index in [-0.39, 0.29) is 5.25 Å². The summed E-state index contributed by atoms with van der Waals surface area (Å²) in [5, 5.41) is 0.777.